The van der Waals surface area contributed by atoms with E-state index in [-0.39, 0.29) is 18.5 Å². The number of halogens is 2. The zero-order valence-corrected chi connectivity index (χ0v) is 14.7. The van der Waals surface area contributed by atoms with Crippen molar-refractivity contribution in [2.24, 2.45) is 0 Å². The van der Waals surface area contributed by atoms with Crippen molar-refractivity contribution in [2.75, 3.05) is 11.9 Å². The number of hydrogen-bond donors (Lipinski definition) is 2. The van der Waals surface area contributed by atoms with Crippen molar-refractivity contribution in [3.05, 3.63) is 63.6 Å². The average Bonchev–Trinajstić information content (AvgIpc) is 2.55. The van der Waals surface area contributed by atoms with Gasteiger partial charge < -0.3 is 10.6 Å². The molecule has 6 heteroatoms. The van der Waals surface area contributed by atoms with Gasteiger partial charge in [-0.3, -0.25) is 4.79 Å². The van der Waals surface area contributed by atoms with Gasteiger partial charge in [0.25, 0.3) is 0 Å². The van der Waals surface area contributed by atoms with Gasteiger partial charge in [-0.05, 0) is 42.3 Å². The summed E-state index contributed by atoms with van der Waals surface area (Å²) in [5.74, 6) is -0.153. The third-order valence-corrected chi connectivity index (χ3v) is 4.08. The van der Waals surface area contributed by atoms with Crippen molar-refractivity contribution in [3.8, 4) is 6.07 Å². The van der Waals surface area contributed by atoms with Gasteiger partial charge in [0.05, 0.1) is 19.0 Å². The lowest BCUT2D eigenvalue weighted by Gasteiger charge is -2.16. The van der Waals surface area contributed by atoms with Crippen molar-refractivity contribution in [2.45, 2.75) is 19.4 Å². The molecule has 1 atom stereocenters. The Morgan fingerprint density at radius 1 is 1.21 bits per heavy atom. The third kappa shape index (κ3) is 5.24. The summed E-state index contributed by atoms with van der Waals surface area (Å²) in [5.41, 5.74) is 2.50. The molecule has 0 saturated carbocycles. The molecule has 4 nitrogen and oxygen atoms in total. The lowest BCUT2D eigenvalue weighted by atomic mass is 10.1. The molecule has 0 unspecified atom stereocenters. The van der Waals surface area contributed by atoms with Gasteiger partial charge in [-0.15, -0.1) is 0 Å². The molecule has 0 aliphatic heterocycles. The molecular weight excluding hydrogens is 345 g/mol. The number of rotatable bonds is 6. The summed E-state index contributed by atoms with van der Waals surface area (Å²) in [6.07, 6.45) is 0.356. The normalized spacial score (nSPS) is 11.6. The van der Waals surface area contributed by atoms with Gasteiger partial charge in [-0.25, -0.2) is 0 Å². The fourth-order valence-electron chi connectivity index (χ4n) is 2.21. The van der Waals surface area contributed by atoms with E-state index in [4.69, 9.17) is 28.5 Å². The molecule has 0 aliphatic rings. The minimum absolute atomic E-state index is 0.0847. The number of amides is 1. The highest BCUT2D eigenvalue weighted by molar-refractivity contribution is 6.35. The van der Waals surface area contributed by atoms with Crippen LogP contribution < -0.4 is 10.6 Å². The molecule has 0 spiro atoms. The van der Waals surface area contributed by atoms with Crippen LogP contribution in [-0.2, 0) is 11.2 Å². The highest BCUT2D eigenvalue weighted by Gasteiger charge is 2.11. The SMILES string of the molecule is C[C@H](NCC(=O)Nc1ccc(CC#N)cc1)c1ccc(Cl)cc1Cl. The zero-order chi connectivity index (χ0) is 17.5. The van der Waals surface area contributed by atoms with Gasteiger partial charge in [0.1, 0.15) is 0 Å². The molecule has 1 amide bonds. The van der Waals surface area contributed by atoms with Crippen LogP contribution in [0.1, 0.15) is 24.1 Å². The van der Waals surface area contributed by atoms with Crippen molar-refractivity contribution >= 4 is 34.8 Å². The van der Waals surface area contributed by atoms with Crippen LogP contribution in [-0.4, -0.2) is 12.5 Å². The second-order valence-corrected chi connectivity index (χ2v) is 6.19. The maximum Gasteiger partial charge on any atom is 0.238 e. The van der Waals surface area contributed by atoms with Crippen molar-refractivity contribution in [1.82, 2.24) is 5.32 Å². The van der Waals surface area contributed by atoms with Gasteiger partial charge in [0.2, 0.25) is 5.91 Å². The summed E-state index contributed by atoms with van der Waals surface area (Å²) in [5, 5.41) is 15.7. The van der Waals surface area contributed by atoms with E-state index in [1.165, 1.54) is 0 Å². The van der Waals surface area contributed by atoms with Crippen LogP contribution in [0.5, 0.6) is 0 Å². The summed E-state index contributed by atoms with van der Waals surface area (Å²) in [6, 6.07) is 14.5. The van der Waals surface area contributed by atoms with Gasteiger partial charge in [0.15, 0.2) is 0 Å². The maximum atomic E-state index is 12.0. The van der Waals surface area contributed by atoms with E-state index in [0.29, 0.717) is 22.2 Å². The minimum atomic E-state index is -0.153. The molecule has 24 heavy (non-hydrogen) atoms. The van der Waals surface area contributed by atoms with Gasteiger partial charge in [-0.2, -0.15) is 5.26 Å². The van der Waals surface area contributed by atoms with E-state index in [2.05, 4.69) is 16.7 Å². The van der Waals surface area contributed by atoms with Crippen LogP contribution in [0.25, 0.3) is 0 Å². The largest absolute Gasteiger partial charge is 0.325 e. The summed E-state index contributed by atoms with van der Waals surface area (Å²) >= 11 is 12.0. The molecule has 0 heterocycles. The number of nitriles is 1. The van der Waals surface area contributed by atoms with Crippen molar-refractivity contribution in [3.63, 3.8) is 0 Å². The molecule has 0 aromatic heterocycles. The Morgan fingerprint density at radius 2 is 1.92 bits per heavy atom. The first-order valence-corrected chi connectivity index (χ1v) is 8.19. The first kappa shape index (κ1) is 18.3. The fraction of sp³-hybridized carbons (Fsp3) is 0.222. The van der Waals surface area contributed by atoms with E-state index in [1.807, 2.05) is 25.1 Å². The molecule has 0 saturated heterocycles. The summed E-state index contributed by atoms with van der Waals surface area (Å²) in [4.78, 5) is 12.0. The summed E-state index contributed by atoms with van der Waals surface area (Å²) in [6.45, 7) is 2.08. The second kappa shape index (κ2) is 8.70. The molecule has 0 aliphatic carbocycles. The zero-order valence-electron chi connectivity index (χ0n) is 13.1. The monoisotopic (exact) mass is 361 g/mol. The Kier molecular flexibility index (Phi) is 6.62. The van der Waals surface area contributed by atoms with Crippen LogP contribution >= 0.6 is 23.2 Å². The van der Waals surface area contributed by atoms with E-state index < -0.39 is 0 Å². The highest BCUT2D eigenvalue weighted by Crippen LogP contribution is 2.25. The molecule has 0 fully saturated rings. The standard InChI is InChI=1S/C18H17Cl2N3O/c1-12(16-7-4-14(19)10-17(16)20)22-11-18(24)23-15-5-2-13(3-6-15)8-9-21/h2-7,10,12,22H,8,11H2,1H3,(H,23,24)/t12-/m0/s1. The quantitative estimate of drug-likeness (QED) is 0.803. The van der Waals surface area contributed by atoms with E-state index in [9.17, 15) is 4.79 Å². The van der Waals surface area contributed by atoms with E-state index >= 15 is 0 Å². The molecule has 0 bridgehead atoms. The number of nitrogens with one attached hydrogen (secondary N) is 2. The first-order chi connectivity index (χ1) is 11.5. The molecule has 2 rings (SSSR count). The molecular formula is C18H17Cl2N3O. The molecule has 2 N–H and O–H groups in total. The number of nitrogens with zero attached hydrogens (tertiary/aromatic N) is 1. The van der Waals surface area contributed by atoms with Gasteiger partial charge in [0, 0.05) is 21.8 Å². The Morgan fingerprint density at radius 3 is 2.54 bits per heavy atom. The predicted molar refractivity (Wildman–Crippen MR) is 97.3 cm³/mol. The molecule has 0 radical (unpaired) electrons. The molecule has 124 valence electrons. The Bertz CT molecular complexity index is 754. The minimum Gasteiger partial charge on any atom is -0.325 e. The number of carbonyl (C=O) groups excluding carboxylic acids is 1. The maximum absolute atomic E-state index is 12.0. The number of benzene rings is 2. The Labute approximate surface area is 151 Å². The van der Waals surface area contributed by atoms with Gasteiger partial charge >= 0.3 is 0 Å². The average molecular weight is 362 g/mol. The highest BCUT2D eigenvalue weighted by atomic mass is 35.5. The fourth-order valence-corrected chi connectivity index (χ4v) is 2.78. The number of carbonyl (C=O) groups is 1. The van der Waals surface area contributed by atoms with Crippen molar-refractivity contribution in [1.29, 1.82) is 5.26 Å². The third-order valence-electron chi connectivity index (χ3n) is 3.52. The summed E-state index contributed by atoms with van der Waals surface area (Å²) in [7, 11) is 0. The topological polar surface area (TPSA) is 64.9 Å². The lowest BCUT2D eigenvalue weighted by molar-refractivity contribution is -0.115. The first-order valence-electron chi connectivity index (χ1n) is 7.43. The number of anilines is 1. The Hall–Kier alpha value is -2.06. The van der Waals surface area contributed by atoms with E-state index in [1.54, 1.807) is 24.3 Å². The van der Waals surface area contributed by atoms with Gasteiger partial charge in [-0.1, -0.05) is 41.4 Å². The van der Waals surface area contributed by atoms with Crippen molar-refractivity contribution < 1.29 is 4.79 Å². The molecule has 2 aromatic rings. The smallest absolute Gasteiger partial charge is 0.238 e. The lowest BCUT2D eigenvalue weighted by Crippen LogP contribution is -2.30. The van der Waals surface area contributed by atoms with Crippen LogP contribution in [0.3, 0.4) is 0 Å². The second-order valence-electron chi connectivity index (χ2n) is 5.35. The van der Waals surface area contributed by atoms with Crippen LogP contribution in [0.4, 0.5) is 5.69 Å². The predicted octanol–water partition coefficient (Wildman–Crippen LogP) is 4.35. The number of hydrogen-bond acceptors (Lipinski definition) is 3. The Balaban J connectivity index is 1.87. The van der Waals surface area contributed by atoms with Crippen LogP contribution in [0.2, 0.25) is 10.0 Å². The van der Waals surface area contributed by atoms with Crippen LogP contribution in [0.15, 0.2) is 42.5 Å². The summed E-state index contributed by atoms with van der Waals surface area (Å²) < 4.78 is 0. The molecule has 2 aromatic carbocycles. The van der Waals surface area contributed by atoms with Crippen LogP contribution in [0, 0.1) is 11.3 Å². The van der Waals surface area contributed by atoms with E-state index in [0.717, 1.165) is 11.1 Å².